The lowest BCUT2D eigenvalue weighted by Crippen LogP contribution is -2.52. The Kier molecular flexibility index (Phi) is 10.7. The first kappa shape index (κ1) is 29.9. The largest absolute Gasteiger partial charge is 0.354 e. The lowest BCUT2D eigenvalue weighted by Gasteiger charge is -2.32. The predicted octanol–water partition coefficient (Wildman–Crippen LogP) is 4.87. The second-order valence-electron chi connectivity index (χ2n) is 9.76. The summed E-state index contributed by atoms with van der Waals surface area (Å²) >= 11 is 0. The van der Waals surface area contributed by atoms with Gasteiger partial charge in [0.15, 0.2) is 0 Å². The number of sulfonamides is 1. The van der Waals surface area contributed by atoms with Crippen molar-refractivity contribution >= 4 is 27.5 Å². The smallest absolute Gasteiger partial charge is 0.264 e. The molecule has 0 bridgehead atoms. The Hall–Kier alpha value is -3.65. The molecule has 0 saturated heterocycles. The molecular formula is C31H39N3O4S. The van der Waals surface area contributed by atoms with Crippen LogP contribution in [-0.4, -0.2) is 50.8 Å². The molecule has 0 aliphatic rings. The van der Waals surface area contributed by atoms with Crippen LogP contribution in [0.5, 0.6) is 0 Å². The van der Waals surface area contributed by atoms with Crippen LogP contribution in [0.25, 0.3) is 0 Å². The van der Waals surface area contributed by atoms with Gasteiger partial charge in [-0.1, -0.05) is 74.0 Å². The molecule has 0 aliphatic heterocycles. The van der Waals surface area contributed by atoms with E-state index in [9.17, 15) is 18.0 Å². The number of unbranched alkanes of at least 4 members (excludes halogenated alkanes) is 1. The fourth-order valence-corrected chi connectivity index (χ4v) is 5.82. The van der Waals surface area contributed by atoms with E-state index in [1.165, 1.54) is 21.3 Å². The molecule has 1 N–H and O–H groups in total. The molecule has 7 nitrogen and oxygen atoms in total. The normalized spacial score (nSPS) is 12.0. The van der Waals surface area contributed by atoms with E-state index in [-0.39, 0.29) is 17.3 Å². The van der Waals surface area contributed by atoms with Gasteiger partial charge >= 0.3 is 0 Å². The van der Waals surface area contributed by atoms with Crippen molar-refractivity contribution in [1.29, 1.82) is 0 Å². The van der Waals surface area contributed by atoms with E-state index < -0.39 is 28.5 Å². The van der Waals surface area contributed by atoms with Crippen LogP contribution in [0, 0.1) is 13.8 Å². The van der Waals surface area contributed by atoms with Crippen LogP contribution in [0.4, 0.5) is 5.69 Å². The number of carbonyl (C=O) groups excluding carboxylic acids is 2. The highest BCUT2D eigenvalue weighted by Gasteiger charge is 2.32. The zero-order chi connectivity index (χ0) is 28.4. The standard InChI is InChI=1S/C31H39N3O4S/c1-5-6-20-32-31(36)26(4)33(21-19-27-13-9-7-10-14-27)30(35)23-34(29-22-24(2)17-18-25(29)3)39(37,38)28-15-11-8-12-16-28/h7-18,22,26H,5-6,19-21,23H2,1-4H3,(H,32,36)/t26-/m0/s1. The van der Waals surface area contributed by atoms with Crippen LogP contribution in [0.3, 0.4) is 0 Å². The van der Waals surface area contributed by atoms with Gasteiger partial charge in [0, 0.05) is 13.1 Å². The zero-order valence-electron chi connectivity index (χ0n) is 23.3. The number of hydrogen-bond acceptors (Lipinski definition) is 4. The number of rotatable bonds is 13. The highest BCUT2D eigenvalue weighted by atomic mass is 32.2. The molecule has 3 aromatic carbocycles. The summed E-state index contributed by atoms with van der Waals surface area (Å²) in [6, 6.07) is 22.6. The molecule has 0 saturated carbocycles. The highest BCUT2D eigenvalue weighted by Crippen LogP contribution is 2.28. The molecule has 0 fully saturated rings. The average molecular weight is 550 g/mol. The maximum Gasteiger partial charge on any atom is 0.264 e. The van der Waals surface area contributed by atoms with Gasteiger partial charge in [-0.3, -0.25) is 13.9 Å². The van der Waals surface area contributed by atoms with Crippen molar-refractivity contribution in [3.63, 3.8) is 0 Å². The van der Waals surface area contributed by atoms with Crippen LogP contribution in [0.1, 0.15) is 43.4 Å². The van der Waals surface area contributed by atoms with Crippen molar-refractivity contribution in [2.45, 2.75) is 57.9 Å². The quantitative estimate of drug-likeness (QED) is 0.308. The Morgan fingerprint density at radius 2 is 1.56 bits per heavy atom. The first-order valence-electron chi connectivity index (χ1n) is 13.4. The molecule has 8 heteroatoms. The lowest BCUT2D eigenvalue weighted by molar-refractivity contribution is -0.138. The van der Waals surface area contributed by atoms with E-state index in [1.807, 2.05) is 63.2 Å². The van der Waals surface area contributed by atoms with Gasteiger partial charge in [-0.2, -0.15) is 0 Å². The van der Waals surface area contributed by atoms with Crippen LogP contribution in [0.2, 0.25) is 0 Å². The van der Waals surface area contributed by atoms with Crippen molar-refractivity contribution < 1.29 is 18.0 Å². The van der Waals surface area contributed by atoms with Gasteiger partial charge in [0.2, 0.25) is 11.8 Å². The summed E-state index contributed by atoms with van der Waals surface area (Å²) in [5.41, 5.74) is 3.07. The second-order valence-corrected chi connectivity index (χ2v) is 11.6. The van der Waals surface area contributed by atoms with Crippen LogP contribution >= 0.6 is 0 Å². The van der Waals surface area contributed by atoms with Crippen molar-refractivity contribution in [1.82, 2.24) is 10.2 Å². The van der Waals surface area contributed by atoms with Gasteiger partial charge in [-0.05, 0) is 68.5 Å². The molecule has 3 aromatic rings. The Labute approximate surface area is 232 Å². The minimum atomic E-state index is -4.07. The molecule has 0 radical (unpaired) electrons. The minimum Gasteiger partial charge on any atom is -0.354 e. The van der Waals surface area contributed by atoms with Gasteiger partial charge < -0.3 is 10.2 Å². The predicted molar refractivity (Wildman–Crippen MR) is 156 cm³/mol. The Morgan fingerprint density at radius 3 is 2.21 bits per heavy atom. The number of amides is 2. The molecule has 1 atom stereocenters. The van der Waals surface area contributed by atoms with Crippen LogP contribution in [0.15, 0.2) is 83.8 Å². The zero-order valence-corrected chi connectivity index (χ0v) is 24.1. The summed E-state index contributed by atoms with van der Waals surface area (Å²) in [4.78, 5) is 28.5. The molecule has 0 heterocycles. The van der Waals surface area contributed by atoms with Gasteiger partial charge in [0.1, 0.15) is 12.6 Å². The van der Waals surface area contributed by atoms with Gasteiger partial charge in [0.25, 0.3) is 10.0 Å². The summed E-state index contributed by atoms with van der Waals surface area (Å²) < 4.78 is 28.9. The summed E-state index contributed by atoms with van der Waals surface area (Å²) in [7, 11) is -4.07. The molecule has 208 valence electrons. The number of anilines is 1. The Bertz CT molecular complexity index is 1340. The monoisotopic (exact) mass is 549 g/mol. The maximum absolute atomic E-state index is 13.9. The summed E-state index contributed by atoms with van der Waals surface area (Å²) in [6.45, 7) is 7.81. The molecule has 0 aliphatic carbocycles. The molecule has 0 spiro atoms. The second kappa shape index (κ2) is 13.9. The fraction of sp³-hybridized carbons (Fsp3) is 0.355. The third-order valence-corrected chi connectivity index (χ3v) is 8.50. The number of carbonyl (C=O) groups is 2. The third-order valence-electron chi connectivity index (χ3n) is 6.72. The van der Waals surface area contributed by atoms with Gasteiger partial charge in [0.05, 0.1) is 10.6 Å². The Morgan fingerprint density at radius 1 is 0.923 bits per heavy atom. The van der Waals surface area contributed by atoms with E-state index in [2.05, 4.69) is 5.32 Å². The molecular weight excluding hydrogens is 510 g/mol. The van der Waals surface area contributed by atoms with Crippen LogP contribution < -0.4 is 9.62 Å². The van der Waals surface area contributed by atoms with Gasteiger partial charge in [-0.15, -0.1) is 0 Å². The van der Waals surface area contributed by atoms with E-state index in [0.29, 0.717) is 18.7 Å². The van der Waals surface area contributed by atoms with Crippen molar-refractivity contribution in [3.8, 4) is 0 Å². The molecule has 3 rings (SSSR count). The van der Waals surface area contributed by atoms with E-state index in [4.69, 9.17) is 0 Å². The van der Waals surface area contributed by atoms with E-state index >= 15 is 0 Å². The molecule has 0 unspecified atom stereocenters. The minimum absolute atomic E-state index is 0.0971. The third kappa shape index (κ3) is 7.93. The SMILES string of the molecule is CCCCNC(=O)[C@H](C)N(CCc1ccccc1)C(=O)CN(c1cc(C)ccc1C)S(=O)(=O)c1ccccc1. The first-order chi connectivity index (χ1) is 18.6. The number of aryl methyl sites for hydroxylation is 2. The topological polar surface area (TPSA) is 86.8 Å². The molecule has 0 aromatic heterocycles. The maximum atomic E-state index is 13.9. The number of benzene rings is 3. The van der Waals surface area contributed by atoms with E-state index in [1.54, 1.807) is 31.2 Å². The number of hydrogen-bond donors (Lipinski definition) is 1. The van der Waals surface area contributed by atoms with Crippen molar-refractivity contribution in [2.24, 2.45) is 0 Å². The first-order valence-corrected chi connectivity index (χ1v) is 14.8. The van der Waals surface area contributed by atoms with Crippen molar-refractivity contribution in [2.75, 3.05) is 23.9 Å². The fourth-order valence-electron chi connectivity index (χ4n) is 4.33. The molecule has 39 heavy (non-hydrogen) atoms. The lowest BCUT2D eigenvalue weighted by atomic mass is 10.1. The van der Waals surface area contributed by atoms with E-state index in [0.717, 1.165) is 29.5 Å². The van der Waals surface area contributed by atoms with Crippen LogP contribution in [-0.2, 0) is 26.0 Å². The summed E-state index contributed by atoms with van der Waals surface area (Å²) in [5, 5.41) is 2.91. The van der Waals surface area contributed by atoms with Crippen molar-refractivity contribution in [3.05, 3.63) is 95.6 Å². The summed E-state index contributed by atoms with van der Waals surface area (Å²) in [6.07, 6.45) is 2.31. The Balaban J connectivity index is 1.97. The highest BCUT2D eigenvalue weighted by molar-refractivity contribution is 7.92. The van der Waals surface area contributed by atoms with Gasteiger partial charge in [-0.25, -0.2) is 8.42 Å². The molecule has 2 amide bonds. The number of nitrogens with one attached hydrogen (secondary N) is 1. The number of nitrogens with zero attached hydrogens (tertiary/aromatic N) is 2. The summed E-state index contributed by atoms with van der Waals surface area (Å²) in [5.74, 6) is -0.696. The average Bonchev–Trinajstić information content (AvgIpc) is 2.94.